The second-order valence-electron chi connectivity index (χ2n) is 3.75. The van der Waals surface area contributed by atoms with Crippen LogP contribution in [0, 0.1) is 17.7 Å². The molecule has 0 bridgehead atoms. The molecule has 0 aliphatic carbocycles. The van der Waals surface area contributed by atoms with Crippen molar-refractivity contribution in [2.45, 2.75) is 0 Å². The third-order valence-electron chi connectivity index (χ3n) is 2.04. The van der Waals surface area contributed by atoms with Gasteiger partial charge < -0.3 is 14.7 Å². The Balaban J connectivity index is 2.76. The zero-order valence-corrected chi connectivity index (χ0v) is 10.0. The molecule has 0 atom stereocenters. The molecule has 0 aliphatic heterocycles. The van der Waals surface area contributed by atoms with Crippen molar-refractivity contribution in [3.8, 4) is 17.6 Å². The van der Waals surface area contributed by atoms with Crippen LogP contribution in [-0.4, -0.2) is 43.9 Å². The van der Waals surface area contributed by atoms with Crippen molar-refractivity contribution < 1.29 is 14.2 Å². The molecule has 0 unspecified atom stereocenters. The molecule has 4 heteroatoms. The number of halogens is 1. The number of ether oxygens (including phenoxy) is 1. The first-order valence-corrected chi connectivity index (χ1v) is 5.30. The number of benzene rings is 1. The number of rotatable bonds is 4. The largest absolute Gasteiger partial charge is 0.491 e. The fraction of sp³-hybridized carbons (Fsp3) is 0.385. The van der Waals surface area contributed by atoms with Gasteiger partial charge in [-0.3, -0.25) is 0 Å². The molecule has 0 aromatic heterocycles. The molecule has 0 amide bonds. The Morgan fingerprint density at radius 2 is 2.18 bits per heavy atom. The van der Waals surface area contributed by atoms with Gasteiger partial charge in [-0.25, -0.2) is 4.39 Å². The number of hydrogen-bond acceptors (Lipinski definition) is 3. The van der Waals surface area contributed by atoms with E-state index in [-0.39, 0.29) is 12.4 Å². The first-order chi connectivity index (χ1) is 8.13. The van der Waals surface area contributed by atoms with E-state index < -0.39 is 0 Å². The van der Waals surface area contributed by atoms with E-state index in [0.717, 1.165) is 6.54 Å². The maximum atomic E-state index is 13.0. The van der Waals surface area contributed by atoms with Gasteiger partial charge in [-0.15, -0.1) is 0 Å². The molecule has 17 heavy (non-hydrogen) atoms. The van der Waals surface area contributed by atoms with E-state index in [1.54, 1.807) is 6.07 Å². The van der Waals surface area contributed by atoms with Crippen molar-refractivity contribution in [2.75, 3.05) is 33.9 Å². The van der Waals surface area contributed by atoms with Crippen LogP contribution in [0.15, 0.2) is 18.2 Å². The van der Waals surface area contributed by atoms with Crippen LogP contribution in [0.25, 0.3) is 0 Å². The van der Waals surface area contributed by atoms with Crippen LogP contribution in [0.1, 0.15) is 5.56 Å². The fourth-order valence-electron chi connectivity index (χ4n) is 1.20. The molecule has 0 saturated carbocycles. The standard InChI is InChI=1S/C13H16FNO2/c1-15(2)7-9-17-13-6-5-12(14)10-11(13)4-3-8-16/h5-6,10,16H,7-9H2,1-2H3. The van der Waals surface area contributed by atoms with Gasteiger partial charge in [-0.05, 0) is 32.3 Å². The molecule has 0 fully saturated rings. The van der Waals surface area contributed by atoms with Crippen LogP contribution >= 0.6 is 0 Å². The molecule has 0 aliphatic rings. The first-order valence-electron chi connectivity index (χ1n) is 5.30. The van der Waals surface area contributed by atoms with E-state index in [9.17, 15) is 4.39 Å². The molecule has 1 aromatic carbocycles. The average molecular weight is 237 g/mol. The van der Waals surface area contributed by atoms with Crippen LogP contribution in [0.5, 0.6) is 5.75 Å². The Hall–Kier alpha value is -1.57. The van der Waals surface area contributed by atoms with Crippen molar-refractivity contribution in [1.82, 2.24) is 4.90 Å². The Bertz CT molecular complexity index is 421. The van der Waals surface area contributed by atoms with Crippen LogP contribution < -0.4 is 4.74 Å². The van der Waals surface area contributed by atoms with E-state index in [4.69, 9.17) is 9.84 Å². The maximum absolute atomic E-state index is 13.0. The Labute approximate surface area is 101 Å². The minimum atomic E-state index is -0.368. The fourth-order valence-corrected chi connectivity index (χ4v) is 1.20. The lowest BCUT2D eigenvalue weighted by molar-refractivity contribution is 0.260. The van der Waals surface area contributed by atoms with Gasteiger partial charge in [-0.2, -0.15) is 0 Å². The quantitative estimate of drug-likeness (QED) is 0.796. The van der Waals surface area contributed by atoms with Crippen molar-refractivity contribution in [2.24, 2.45) is 0 Å². The molecule has 1 aromatic rings. The Morgan fingerprint density at radius 3 is 2.82 bits per heavy atom. The second-order valence-corrected chi connectivity index (χ2v) is 3.75. The number of hydrogen-bond donors (Lipinski definition) is 1. The predicted molar refractivity (Wildman–Crippen MR) is 64.4 cm³/mol. The van der Waals surface area contributed by atoms with Crippen LogP contribution in [0.4, 0.5) is 4.39 Å². The molecular formula is C13H16FNO2. The summed E-state index contributed by atoms with van der Waals surface area (Å²) in [6.07, 6.45) is 0. The molecule has 1 rings (SSSR count). The van der Waals surface area contributed by atoms with E-state index in [0.29, 0.717) is 17.9 Å². The van der Waals surface area contributed by atoms with Crippen molar-refractivity contribution >= 4 is 0 Å². The number of aliphatic hydroxyl groups is 1. The topological polar surface area (TPSA) is 32.7 Å². The molecule has 0 heterocycles. The average Bonchev–Trinajstić information content (AvgIpc) is 2.28. The second kappa shape index (κ2) is 6.89. The first kappa shape index (κ1) is 13.5. The smallest absolute Gasteiger partial charge is 0.135 e. The molecule has 0 saturated heterocycles. The van der Waals surface area contributed by atoms with Gasteiger partial charge in [0.1, 0.15) is 24.8 Å². The van der Waals surface area contributed by atoms with E-state index in [1.165, 1.54) is 12.1 Å². The lowest BCUT2D eigenvalue weighted by atomic mass is 10.2. The highest BCUT2D eigenvalue weighted by molar-refractivity contribution is 5.46. The molecule has 0 spiro atoms. The normalized spacial score (nSPS) is 9.94. The highest BCUT2D eigenvalue weighted by Gasteiger charge is 2.03. The summed E-state index contributed by atoms with van der Waals surface area (Å²) in [4.78, 5) is 1.99. The minimum Gasteiger partial charge on any atom is -0.491 e. The zero-order valence-electron chi connectivity index (χ0n) is 10.0. The van der Waals surface area contributed by atoms with Gasteiger partial charge in [0.25, 0.3) is 0 Å². The Kier molecular flexibility index (Phi) is 5.47. The third kappa shape index (κ3) is 4.85. The molecule has 92 valence electrons. The maximum Gasteiger partial charge on any atom is 0.135 e. The number of nitrogens with zero attached hydrogens (tertiary/aromatic N) is 1. The summed E-state index contributed by atoms with van der Waals surface area (Å²) in [6, 6.07) is 4.18. The summed E-state index contributed by atoms with van der Waals surface area (Å²) in [5.41, 5.74) is 0.456. The summed E-state index contributed by atoms with van der Waals surface area (Å²) in [5.74, 6) is 5.31. The zero-order chi connectivity index (χ0) is 12.7. The highest BCUT2D eigenvalue weighted by atomic mass is 19.1. The third-order valence-corrected chi connectivity index (χ3v) is 2.04. The summed E-state index contributed by atoms with van der Waals surface area (Å²) >= 11 is 0. The minimum absolute atomic E-state index is 0.256. The summed E-state index contributed by atoms with van der Waals surface area (Å²) < 4.78 is 18.5. The molecule has 0 radical (unpaired) electrons. The Morgan fingerprint density at radius 1 is 1.41 bits per heavy atom. The molecule has 1 N–H and O–H groups in total. The molecular weight excluding hydrogens is 221 g/mol. The lowest BCUT2D eigenvalue weighted by Crippen LogP contribution is -2.19. The van der Waals surface area contributed by atoms with E-state index in [2.05, 4.69) is 11.8 Å². The van der Waals surface area contributed by atoms with Crippen molar-refractivity contribution in [1.29, 1.82) is 0 Å². The number of aliphatic hydroxyl groups excluding tert-OH is 1. The van der Waals surface area contributed by atoms with Gasteiger partial charge in [0.05, 0.1) is 5.56 Å². The van der Waals surface area contributed by atoms with Gasteiger partial charge in [0, 0.05) is 6.54 Å². The van der Waals surface area contributed by atoms with Crippen molar-refractivity contribution in [3.63, 3.8) is 0 Å². The van der Waals surface area contributed by atoms with Gasteiger partial charge in [-0.1, -0.05) is 11.8 Å². The van der Waals surface area contributed by atoms with E-state index in [1.807, 2.05) is 19.0 Å². The molecule has 3 nitrogen and oxygen atoms in total. The summed E-state index contributed by atoms with van der Waals surface area (Å²) in [7, 11) is 3.89. The predicted octanol–water partition coefficient (Wildman–Crippen LogP) is 1.11. The van der Waals surface area contributed by atoms with Crippen molar-refractivity contribution in [3.05, 3.63) is 29.6 Å². The highest BCUT2D eigenvalue weighted by Crippen LogP contribution is 2.18. The monoisotopic (exact) mass is 237 g/mol. The van der Waals surface area contributed by atoms with E-state index >= 15 is 0 Å². The van der Waals surface area contributed by atoms with Crippen LogP contribution in [0.2, 0.25) is 0 Å². The number of likely N-dealkylation sites (N-methyl/N-ethyl adjacent to an activating group) is 1. The van der Waals surface area contributed by atoms with Crippen LogP contribution in [-0.2, 0) is 0 Å². The van der Waals surface area contributed by atoms with Crippen LogP contribution in [0.3, 0.4) is 0 Å². The summed E-state index contributed by atoms with van der Waals surface area (Å²) in [6.45, 7) is 1.02. The lowest BCUT2D eigenvalue weighted by Gasteiger charge is -2.12. The van der Waals surface area contributed by atoms with Gasteiger partial charge in [0.15, 0.2) is 0 Å². The summed E-state index contributed by atoms with van der Waals surface area (Å²) in [5, 5.41) is 8.62. The SMILES string of the molecule is CN(C)CCOc1ccc(F)cc1C#CCO. The van der Waals surface area contributed by atoms with Gasteiger partial charge in [0.2, 0.25) is 0 Å². The van der Waals surface area contributed by atoms with Gasteiger partial charge >= 0.3 is 0 Å².